The number of phenols is 1. The van der Waals surface area contributed by atoms with Crippen LogP contribution < -0.4 is 16.2 Å². The summed E-state index contributed by atoms with van der Waals surface area (Å²) in [5.41, 5.74) is -0.578. The number of benzene rings is 3. The Morgan fingerprint density at radius 2 is 1.71 bits per heavy atom. The monoisotopic (exact) mass is 654 g/mol. The minimum atomic E-state index is -2.08. The van der Waals surface area contributed by atoms with Crippen LogP contribution >= 0.6 is 0 Å². The van der Waals surface area contributed by atoms with Gasteiger partial charge in [0.25, 0.3) is 5.91 Å². The van der Waals surface area contributed by atoms with Crippen molar-refractivity contribution in [3.63, 3.8) is 0 Å². The fraction of sp³-hybridized carbons (Fsp3) is 0.378. The number of ether oxygens (including phenoxy) is 1. The summed E-state index contributed by atoms with van der Waals surface area (Å²) < 4.78 is 6.00. The molecule has 3 aliphatic heterocycles. The molecule has 0 radical (unpaired) electrons. The first-order valence-corrected chi connectivity index (χ1v) is 16.6. The second-order valence-electron chi connectivity index (χ2n) is 12.7. The largest absolute Gasteiger partial charge is 0.506 e. The number of aromatic hydroxyl groups is 1. The lowest BCUT2D eigenvalue weighted by atomic mass is 9.84. The van der Waals surface area contributed by atoms with E-state index in [9.17, 15) is 29.7 Å². The van der Waals surface area contributed by atoms with Crippen LogP contribution in [0.1, 0.15) is 58.8 Å². The molecule has 3 atom stereocenters. The third-order valence-corrected chi connectivity index (χ3v) is 9.55. The summed E-state index contributed by atoms with van der Waals surface area (Å²) in [5.74, 6) is -0.840. The third kappa shape index (κ3) is 7.14. The average molecular weight is 655 g/mol. The predicted molar refractivity (Wildman–Crippen MR) is 181 cm³/mol. The molecule has 11 heteroatoms. The van der Waals surface area contributed by atoms with Crippen LogP contribution in [-0.4, -0.2) is 82.5 Å². The predicted octanol–water partition coefficient (Wildman–Crippen LogP) is 2.94. The number of aromatic nitrogens is 1. The molecule has 252 valence electrons. The molecular formula is C37H42N4O7. The van der Waals surface area contributed by atoms with E-state index in [0.29, 0.717) is 48.1 Å². The van der Waals surface area contributed by atoms with Crippen molar-refractivity contribution in [2.45, 2.75) is 43.5 Å². The number of pyridine rings is 1. The number of aliphatic hydroxyl groups excluding tert-OH is 1. The summed E-state index contributed by atoms with van der Waals surface area (Å²) in [6.45, 7) is 3.95. The van der Waals surface area contributed by atoms with Gasteiger partial charge in [-0.1, -0.05) is 48.5 Å². The molecule has 1 amide bonds. The zero-order valence-corrected chi connectivity index (χ0v) is 26.7. The van der Waals surface area contributed by atoms with E-state index in [2.05, 4.69) is 20.5 Å². The van der Waals surface area contributed by atoms with Gasteiger partial charge in [-0.2, -0.15) is 0 Å². The molecule has 1 unspecified atom stereocenters. The van der Waals surface area contributed by atoms with E-state index in [-0.39, 0.29) is 46.9 Å². The molecule has 4 heterocycles. The maximum atomic E-state index is 13.8. The van der Waals surface area contributed by atoms with Crippen molar-refractivity contribution < 1.29 is 29.6 Å². The van der Waals surface area contributed by atoms with Crippen LogP contribution in [0.15, 0.2) is 83.7 Å². The van der Waals surface area contributed by atoms with Gasteiger partial charge in [0.15, 0.2) is 0 Å². The standard InChI is InChI=1S/C37H42N4O7/c42-30-13-11-28(29-12-14-33(44)40-34(29)30)31(43)22-38-17-4-5-18-39-35(45)25-7-6-10-27(21-25)37(47,26-8-2-1-3-9-26)36(46)48-32-23-41-19-15-24(32)16-20-41/h1-3,6-14,21,24,31-32,38,42-43,47H,4-5,15-20,22-23H2,(H,39,45)(H,40,44)/t31-,32+,37?/m0/s1. The summed E-state index contributed by atoms with van der Waals surface area (Å²) >= 11 is 0. The van der Waals surface area contributed by atoms with Crippen molar-refractivity contribution >= 4 is 22.8 Å². The first-order chi connectivity index (χ1) is 23.2. The summed E-state index contributed by atoms with van der Waals surface area (Å²) in [6, 6.07) is 21.2. The Morgan fingerprint density at radius 3 is 2.46 bits per heavy atom. The van der Waals surface area contributed by atoms with Gasteiger partial charge in [0.05, 0.1) is 11.6 Å². The quantitative estimate of drug-likeness (QED) is 0.0940. The van der Waals surface area contributed by atoms with Gasteiger partial charge in [-0.05, 0) is 86.6 Å². The van der Waals surface area contributed by atoms with Crippen molar-refractivity contribution in [1.29, 1.82) is 0 Å². The molecule has 48 heavy (non-hydrogen) atoms. The van der Waals surface area contributed by atoms with Gasteiger partial charge in [0, 0.05) is 42.2 Å². The van der Waals surface area contributed by atoms with Crippen LogP contribution in [0.3, 0.4) is 0 Å². The Labute approximate surface area is 278 Å². The smallest absolute Gasteiger partial charge is 0.348 e. The van der Waals surface area contributed by atoms with Crippen LogP contribution in [0.4, 0.5) is 0 Å². The Kier molecular flexibility index (Phi) is 10.2. The Bertz CT molecular complexity index is 1800. The maximum absolute atomic E-state index is 13.8. The molecule has 3 fully saturated rings. The highest BCUT2D eigenvalue weighted by Gasteiger charge is 2.45. The summed E-state index contributed by atoms with van der Waals surface area (Å²) in [4.78, 5) is 43.4. The van der Waals surface area contributed by atoms with E-state index in [1.54, 1.807) is 60.7 Å². The fourth-order valence-corrected chi connectivity index (χ4v) is 6.81. The number of H-pyrrole nitrogens is 1. The van der Waals surface area contributed by atoms with Gasteiger partial charge >= 0.3 is 5.97 Å². The lowest BCUT2D eigenvalue weighted by molar-refractivity contribution is -0.177. The molecule has 11 nitrogen and oxygen atoms in total. The number of rotatable bonds is 13. The van der Waals surface area contributed by atoms with Gasteiger partial charge in [0.1, 0.15) is 11.9 Å². The van der Waals surface area contributed by atoms with E-state index in [1.807, 2.05) is 6.07 Å². The number of esters is 1. The van der Waals surface area contributed by atoms with Gasteiger partial charge in [-0.15, -0.1) is 0 Å². The van der Waals surface area contributed by atoms with Crippen molar-refractivity contribution in [3.8, 4) is 5.75 Å². The first kappa shape index (κ1) is 33.4. The second-order valence-corrected chi connectivity index (χ2v) is 12.7. The molecule has 7 rings (SSSR count). The van der Waals surface area contributed by atoms with Gasteiger partial charge < -0.3 is 35.7 Å². The topological polar surface area (TPSA) is 164 Å². The zero-order chi connectivity index (χ0) is 33.7. The normalized spacial score (nSPS) is 20.6. The highest BCUT2D eigenvalue weighted by Crippen LogP contribution is 2.36. The number of phenolic OH excluding ortho intramolecular Hbond substituents is 1. The number of piperidine rings is 3. The van der Waals surface area contributed by atoms with Crippen LogP contribution in [0.5, 0.6) is 5.75 Å². The number of unbranched alkanes of at least 4 members (excludes halogenated alkanes) is 1. The molecule has 1 aromatic heterocycles. The van der Waals surface area contributed by atoms with E-state index in [0.717, 1.165) is 32.4 Å². The minimum absolute atomic E-state index is 0.0607. The molecule has 0 aliphatic carbocycles. The average Bonchev–Trinajstić information content (AvgIpc) is 3.12. The lowest BCUT2D eigenvalue weighted by Crippen LogP contribution is -2.53. The number of fused-ring (bicyclic) bond motifs is 4. The summed E-state index contributed by atoms with van der Waals surface area (Å²) in [6.07, 6.45) is 2.22. The van der Waals surface area contributed by atoms with Gasteiger partial charge in [-0.25, -0.2) is 4.79 Å². The number of hydrogen-bond acceptors (Lipinski definition) is 9. The molecule has 3 aliphatic rings. The SMILES string of the molecule is O=C(NCCCCNC[C@H](O)c1ccc(O)c2[nH]c(=O)ccc12)c1cccc(C(O)(C(=O)O[C@@H]2CN3CCC2CC3)c2ccccc2)c1. The van der Waals surface area contributed by atoms with Crippen LogP contribution in [-0.2, 0) is 15.1 Å². The fourth-order valence-electron chi connectivity index (χ4n) is 6.81. The number of carbonyl (C=O) groups excluding carboxylic acids is 2. The van der Waals surface area contributed by atoms with Gasteiger partial charge in [-0.3, -0.25) is 14.5 Å². The Morgan fingerprint density at radius 1 is 0.958 bits per heavy atom. The minimum Gasteiger partial charge on any atom is -0.506 e. The van der Waals surface area contributed by atoms with Crippen LogP contribution in [0.25, 0.3) is 10.9 Å². The molecule has 0 spiro atoms. The third-order valence-electron chi connectivity index (χ3n) is 9.55. The lowest BCUT2D eigenvalue weighted by Gasteiger charge is -2.44. The zero-order valence-electron chi connectivity index (χ0n) is 26.7. The van der Waals surface area contributed by atoms with E-state index in [4.69, 9.17) is 4.74 Å². The van der Waals surface area contributed by atoms with E-state index in [1.165, 1.54) is 12.1 Å². The van der Waals surface area contributed by atoms with Crippen molar-refractivity contribution in [2.24, 2.45) is 5.92 Å². The maximum Gasteiger partial charge on any atom is 0.348 e. The molecule has 6 N–H and O–H groups in total. The highest BCUT2D eigenvalue weighted by molar-refractivity contribution is 5.95. The number of nitrogens with one attached hydrogen (secondary N) is 3. The first-order valence-electron chi connectivity index (χ1n) is 16.6. The summed E-state index contributed by atoms with van der Waals surface area (Å²) in [7, 11) is 0. The molecular weight excluding hydrogens is 612 g/mol. The number of amides is 1. The number of aliphatic hydroxyl groups is 2. The van der Waals surface area contributed by atoms with E-state index >= 15 is 0 Å². The summed E-state index contributed by atoms with van der Waals surface area (Å²) in [5, 5.41) is 39.5. The number of hydrogen-bond donors (Lipinski definition) is 6. The molecule has 3 aromatic carbocycles. The number of aromatic amines is 1. The van der Waals surface area contributed by atoms with Crippen molar-refractivity contribution in [1.82, 2.24) is 20.5 Å². The Balaban J connectivity index is 1.02. The molecule has 3 saturated heterocycles. The second kappa shape index (κ2) is 14.7. The molecule has 4 aromatic rings. The Hall–Kier alpha value is -4.55. The number of carbonyl (C=O) groups is 2. The van der Waals surface area contributed by atoms with Crippen molar-refractivity contribution in [3.05, 3.63) is 111 Å². The molecule has 0 saturated carbocycles. The number of nitrogens with zero attached hydrogens (tertiary/aromatic N) is 1. The van der Waals surface area contributed by atoms with Gasteiger partial charge in [0.2, 0.25) is 11.2 Å². The van der Waals surface area contributed by atoms with Crippen LogP contribution in [0.2, 0.25) is 0 Å². The van der Waals surface area contributed by atoms with Crippen molar-refractivity contribution in [2.75, 3.05) is 39.3 Å². The highest BCUT2D eigenvalue weighted by atomic mass is 16.6. The molecule has 2 bridgehead atoms. The van der Waals surface area contributed by atoms with E-state index < -0.39 is 17.7 Å². The van der Waals surface area contributed by atoms with Crippen LogP contribution in [0, 0.1) is 5.92 Å².